The molecule has 2 N–H and O–H groups in total. The molecule has 3 nitrogen and oxygen atoms in total. The fraction of sp³-hybridized carbons (Fsp3) is 0.471. The Morgan fingerprint density at radius 2 is 2.00 bits per heavy atom. The second kappa shape index (κ2) is 7.13. The molecule has 1 amide bonds. The van der Waals surface area contributed by atoms with Crippen LogP contribution in [0.15, 0.2) is 36.9 Å². The minimum atomic E-state index is -0.0553. The lowest BCUT2D eigenvalue weighted by Gasteiger charge is -2.21. The highest BCUT2D eigenvalue weighted by Gasteiger charge is 2.21. The monoisotopic (exact) mass is 272 g/mol. The molecule has 0 bridgehead atoms. The van der Waals surface area contributed by atoms with Crippen molar-refractivity contribution in [3.8, 4) is 0 Å². The molecule has 0 saturated heterocycles. The number of carbonyl (C=O) groups excluding carboxylic acids is 1. The number of rotatable bonds is 6. The Hall–Kier alpha value is -1.77. The van der Waals surface area contributed by atoms with E-state index in [1.54, 1.807) is 6.08 Å². The zero-order chi connectivity index (χ0) is 14.4. The van der Waals surface area contributed by atoms with E-state index < -0.39 is 0 Å². The molecule has 1 aliphatic rings. The smallest absolute Gasteiger partial charge is 0.251 e. The van der Waals surface area contributed by atoms with Gasteiger partial charge in [-0.1, -0.05) is 18.9 Å². The Labute approximate surface area is 121 Å². The minimum absolute atomic E-state index is 0.0553. The molecule has 3 heteroatoms. The van der Waals surface area contributed by atoms with Crippen molar-refractivity contribution in [3.63, 3.8) is 0 Å². The first-order chi connectivity index (χ1) is 9.70. The van der Waals surface area contributed by atoms with E-state index in [9.17, 15) is 4.79 Å². The molecular formula is C17H24N2O. The number of nitrogens with one attached hydrogen (secondary N) is 2. The minimum Gasteiger partial charge on any atom is -0.382 e. The largest absolute Gasteiger partial charge is 0.382 e. The van der Waals surface area contributed by atoms with Gasteiger partial charge in [0, 0.05) is 23.8 Å². The van der Waals surface area contributed by atoms with E-state index in [-0.39, 0.29) is 5.91 Å². The fourth-order valence-electron chi connectivity index (χ4n) is 2.82. The molecule has 1 fully saturated rings. The van der Waals surface area contributed by atoms with E-state index in [1.165, 1.54) is 25.7 Å². The molecular weight excluding hydrogens is 248 g/mol. The summed E-state index contributed by atoms with van der Waals surface area (Å²) in [7, 11) is 0. The van der Waals surface area contributed by atoms with Crippen LogP contribution < -0.4 is 10.6 Å². The van der Waals surface area contributed by atoms with E-state index in [2.05, 4.69) is 24.1 Å². The number of benzene rings is 1. The number of hydrogen-bond donors (Lipinski definition) is 2. The van der Waals surface area contributed by atoms with Crippen LogP contribution in [0, 0.1) is 5.92 Å². The summed E-state index contributed by atoms with van der Waals surface area (Å²) in [5, 5.41) is 6.32. The molecule has 20 heavy (non-hydrogen) atoms. The summed E-state index contributed by atoms with van der Waals surface area (Å²) in [6.07, 6.45) is 7.06. The standard InChI is InChI=1S/C17H24N2O/c1-3-12-18-17(20)15-8-10-16(11-9-15)19-13(2)14-6-4-5-7-14/h3,8-11,13-14,19H,1,4-7,12H2,2H3,(H,18,20). The molecule has 108 valence electrons. The van der Waals surface area contributed by atoms with Gasteiger partial charge in [0.2, 0.25) is 0 Å². The number of amides is 1. The Balaban J connectivity index is 1.90. The average molecular weight is 272 g/mol. The van der Waals surface area contributed by atoms with Gasteiger partial charge >= 0.3 is 0 Å². The van der Waals surface area contributed by atoms with Gasteiger partial charge < -0.3 is 10.6 Å². The van der Waals surface area contributed by atoms with Crippen molar-refractivity contribution < 1.29 is 4.79 Å². The summed E-state index contributed by atoms with van der Waals surface area (Å²) in [5.41, 5.74) is 1.77. The van der Waals surface area contributed by atoms with Gasteiger partial charge in [-0.2, -0.15) is 0 Å². The van der Waals surface area contributed by atoms with Crippen LogP contribution in [0.25, 0.3) is 0 Å². The SMILES string of the molecule is C=CCNC(=O)c1ccc(NC(C)C2CCCC2)cc1. The van der Waals surface area contributed by atoms with Crippen molar-refractivity contribution in [1.82, 2.24) is 5.32 Å². The van der Waals surface area contributed by atoms with Gasteiger partial charge in [-0.25, -0.2) is 0 Å². The van der Waals surface area contributed by atoms with E-state index in [4.69, 9.17) is 0 Å². The van der Waals surface area contributed by atoms with Crippen LogP contribution >= 0.6 is 0 Å². The Morgan fingerprint density at radius 3 is 2.60 bits per heavy atom. The highest BCUT2D eigenvalue weighted by Crippen LogP contribution is 2.29. The molecule has 1 unspecified atom stereocenters. The van der Waals surface area contributed by atoms with E-state index in [1.807, 2.05) is 24.3 Å². The van der Waals surface area contributed by atoms with E-state index >= 15 is 0 Å². The number of carbonyl (C=O) groups is 1. The molecule has 0 radical (unpaired) electrons. The zero-order valence-electron chi connectivity index (χ0n) is 12.2. The van der Waals surface area contributed by atoms with Crippen LogP contribution in [0.3, 0.4) is 0 Å². The zero-order valence-corrected chi connectivity index (χ0v) is 12.2. The third-order valence-corrected chi connectivity index (χ3v) is 4.06. The van der Waals surface area contributed by atoms with Gasteiger partial charge in [0.15, 0.2) is 0 Å². The van der Waals surface area contributed by atoms with Crippen LogP contribution in [0.2, 0.25) is 0 Å². The van der Waals surface area contributed by atoms with Gasteiger partial charge in [0.25, 0.3) is 5.91 Å². The van der Waals surface area contributed by atoms with Crippen LogP contribution in [-0.4, -0.2) is 18.5 Å². The second-order valence-electron chi connectivity index (χ2n) is 5.55. The van der Waals surface area contributed by atoms with Crippen molar-refractivity contribution >= 4 is 11.6 Å². The van der Waals surface area contributed by atoms with Gasteiger partial charge in [0.05, 0.1) is 0 Å². The first-order valence-corrected chi connectivity index (χ1v) is 7.46. The predicted octanol–water partition coefficient (Wildman–Crippen LogP) is 3.59. The Bertz CT molecular complexity index is 447. The fourth-order valence-corrected chi connectivity index (χ4v) is 2.82. The lowest BCUT2D eigenvalue weighted by atomic mass is 9.99. The van der Waals surface area contributed by atoms with E-state index in [0.717, 1.165) is 11.6 Å². The third kappa shape index (κ3) is 3.86. The van der Waals surface area contributed by atoms with Gasteiger partial charge in [0.1, 0.15) is 0 Å². The molecule has 1 atom stereocenters. The van der Waals surface area contributed by atoms with Crippen molar-refractivity contribution in [1.29, 1.82) is 0 Å². The van der Waals surface area contributed by atoms with Gasteiger partial charge in [-0.3, -0.25) is 4.79 Å². The van der Waals surface area contributed by atoms with Crippen molar-refractivity contribution in [3.05, 3.63) is 42.5 Å². The van der Waals surface area contributed by atoms with Crippen molar-refractivity contribution in [2.75, 3.05) is 11.9 Å². The highest BCUT2D eigenvalue weighted by molar-refractivity contribution is 5.94. The Kier molecular flexibility index (Phi) is 5.22. The summed E-state index contributed by atoms with van der Waals surface area (Å²) in [6.45, 7) is 6.33. The molecule has 0 spiro atoms. The van der Waals surface area contributed by atoms with Crippen LogP contribution in [0.5, 0.6) is 0 Å². The normalized spacial score (nSPS) is 16.6. The summed E-state index contributed by atoms with van der Waals surface area (Å²) in [4.78, 5) is 11.8. The maximum absolute atomic E-state index is 11.8. The predicted molar refractivity (Wildman–Crippen MR) is 84.0 cm³/mol. The second-order valence-corrected chi connectivity index (χ2v) is 5.55. The lowest BCUT2D eigenvalue weighted by molar-refractivity contribution is 0.0958. The van der Waals surface area contributed by atoms with E-state index in [0.29, 0.717) is 18.2 Å². The van der Waals surface area contributed by atoms with Gasteiger partial charge in [-0.05, 0) is 49.9 Å². The summed E-state index contributed by atoms with van der Waals surface area (Å²) in [5.74, 6) is 0.728. The van der Waals surface area contributed by atoms with Crippen LogP contribution in [-0.2, 0) is 0 Å². The molecule has 0 aliphatic heterocycles. The molecule has 1 aromatic rings. The average Bonchev–Trinajstić information content (AvgIpc) is 3.00. The number of hydrogen-bond acceptors (Lipinski definition) is 2. The molecule has 1 saturated carbocycles. The van der Waals surface area contributed by atoms with Crippen LogP contribution in [0.1, 0.15) is 43.0 Å². The first kappa shape index (κ1) is 14.6. The molecule has 2 rings (SSSR count). The Morgan fingerprint density at radius 1 is 1.35 bits per heavy atom. The third-order valence-electron chi connectivity index (χ3n) is 4.06. The molecule has 1 aromatic carbocycles. The summed E-state index contributed by atoms with van der Waals surface area (Å²) < 4.78 is 0. The summed E-state index contributed by atoms with van der Waals surface area (Å²) in [6, 6.07) is 8.19. The quantitative estimate of drug-likeness (QED) is 0.777. The van der Waals surface area contributed by atoms with Gasteiger partial charge in [-0.15, -0.1) is 6.58 Å². The molecule has 1 aliphatic carbocycles. The molecule has 0 heterocycles. The topological polar surface area (TPSA) is 41.1 Å². The highest BCUT2D eigenvalue weighted by atomic mass is 16.1. The van der Waals surface area contributed by atoms with Crippen molar-refractivity contribution in [2.45, 2.75) is 38.6 Å². The van der Waals surface area contributed by atoms with Crippen LogP contribution in [0.4, 0.5) is 5.69 Å². The molecule has 0 aromatic heterocycles. The van der Waals surface area contributed by atoms with Crippen molar-refractivity contribution in [2.24, 2.45) is 5.92 Å². The maximum atomic E-state index is 11.8. The lowest BCUT2D eigenvalue weighted by Crippen LogP contribution is -2.24. The first-order valence-electron chi connectivity index (χ1n) is 7.46. The maximum Gasteiger partial charge on any atom is 0.251 e. The summed E-state index contributed by atoms with van der Waals surface area (Å²) >= 11 is 0. The number of anilines is 1.